The number of methoxy groups -OCH3 is 1. The number of carbonyl (C=O) groups excluding carboxylic acids is 1. The topological polar surface area (TPSA) is 94.4 Å². The number of nitro benzene ring substituents is 1. The zero-order chi connectivity index (χ0) is 20.4. The second-order valence-corrected chi connectivity index (χ2v) is 6.75. The van der Waals surface area contributed by atoms with Crippen molar-refractivity contribution in [1.29, 1.82) is 0 Å². The van der Waals surface area contributed by atoms with Gasteiger partial charge in [-0.05, 0) is 30.3 Å². The Labute approximate surface area is 167 Å². The van der Waals surface area contributed by atoms with E-state index in [1.807, 2.05) is 4.90 Å². The lowest BCUT2D eigenvalue weighted by Gasteiger charge is -2.36. The molecule has 152 valence electrons. The van der Waals surface area contributed by atoms with Gasteiger partial charge in [0.05, 0.1) is 18.1 Å². The van der Waals surface area contributed by atoms with E-state index in [1.54, 1.807) is 35.2 Å². The zero-order valence-electron chi connectivity index (χ0n) is 16.0. The number of carbonyl (C=O) groups is 1. The van der Waals surface area contributed by atoms with Crippen LogP contribution in [0.4, 0.5) is 11.4 Å². The summed E-state index contributed by atoms with van der Waals surface area (Å²) in [7, 11) is 1.47. The van der Waals surface area contributed by atoms with Crippen LogP contribution in [-0.2, 0) is 0 Å². The predicted octanol–water partition coefficient (Wildman–Crippen LogP) is 2.34. The average molecular weight is 399 g/mol. The Morgan fingerprint density at radius 1 is 1.03 bits per heavy atom. The van der Waals surface area contributed by atoms with Crippen LogP contribution in [0.25, 0.3) is 0 Å². The number of nitrogens with zero attached hydrogens (tertiary/aromatic N) is 3. The first-order valence-electron chi connectivity index (χ1n) is 9.33. The summed E-state index contributed by atoms with van der Waals surface area (Å²) < 4.78 is 16.1. The van der Waals surface area contributed by atoms with Crippen molar-refractivity contribution in [3.63, 3.8) is 0 Å². The summed E-state index contributed by atoms with van der Waals surface area (Å²) in [4.78, 5) is 27.6. The van der Waals surface area contributed by atoms with E-state index in [-0.39, 0.29) is 11.6 Å². The van der Waals surface area contributed by atoms with Crippen molar-refractivity contribution in [3.8, 4) is 17.2 Å². The van der Waals surface area contributed by atoms with E-state index in [4.69, 9.17) is 14.2 Å². The van der Waals surface area contributed by atoms with Gasteiger partial charge in [-0.15, -0.1) is 0 Å². The highest BCUT2D eigenvalue weighted by atomic mass is 16.6. The molecule has 0 bridgehead atoms. The number of fused-ring (bicyclic) bond motifs is 1. The molecule has 0 unspecified atom stereocenters. The normalized spacial score (nSPS) is 15.8. The van der Waals surface area contributed by atoms with E-state index in [1.165, 1.54) is 13.2 Å². The molecule has 0 saturated carbocycles. The fourth-order valence-electron chi connectivity index (χ4n) is 3.55. The summed E-state index contributed by atoms with van der Waals surface area (Å²) in [5.41, 5.74) is 1.07. The zero-order valence-corrected chi connectivity index (χ0v) is 16.0. The van der Waals surface area contributed by atoms with E-state index in [0.29, 0.717) is 67.9 Å². The third-order valence-electron chi connectivity index (χ3n) is 5.08. The summed E-state index contributed by atoms with van der Waals surface area (Å²) in [5.74, 6) is 1.57. The molecule has 0 spiro atoms. The van der Waals surface area contributed by atoms with Crippen molar-refractivity contribution in [2.24, 2.45) is 0 Å². The third-order valence-corrected chi connectivity index (χ3v) is 5.08. The molecule has 0 N–H and O–H groups in total. The lowest BCUT2D eigenvalue weighted by atomic mass is 10.1. The Hall–Kier alpha value is -3.49. The molecule has 0 radical (unpaired) electrons. The van der Waals surface area contributed by atoms with Crippen molar-refractivity contribution >= 4 is 17.3 Å². The molecule has 4 rings (SSSR count). The van der Waals surface area contributed by atoms with Crippen LogP contribution in [0.5, 0.6) is 17.2 Å². The van der Waals surface area contributed by atoms with Gasteiger partial charge in [0.2, 0.25) is 0 Å². The average Bonchev–Trinajstić information content (AvgIpc) is 2.78. The van der Waals surface area contributed by atoms with E-state index in [0.717, 1.165) is 0 Å². The summed E-state index contributed by atoms with van der Waals surface area (Å²) in [6.45, 7) is 2.91. The number of rotatable bonds is 4. The Morgan fingerprint density at radius 2 is 1.76 bits per heavy atom. The summed E-state index contributed by atoms with van der Waals surface area (Å²) >= 11 is 0. The minimum absolute atomic E-state index is 0.00374. The van der Waals surface area contributed by atoms with E-state index in [2.05, 4.69) is 0 Å². The Bertz CT molecular complexity index is 940. The molecule has 0 atom stereocenters. The highest BCUT2D eigenvalue weighted by Gasteiger charge is 2.27. The molecular formula is C20H21N3O6. The van der Waals surface area contributed by atoms with Crippen LogP contribution in [-0.4, -0.2) is 62.2 Å². The second kappa shape index (κ2) is 7.86. The van der Waals surface area contributed by atoms with Gasteiger partial charge in [0.25, 0.3) is 11.6 Å². The lowest BCUT2D eigenvalue weighted by Crippen LogP contribution is -2.49. The van der Waals surface area contributed by atoms with Gasteiger partial charge < -0.3 is 24.0 Å². The molecule has 2 aliphatic heterocycles. The van der Waals surface area contributed by atoms with E-state index >= 15 is 0 Å². The van der Waals surface area contributed by atoms with Crippen molar-refractivity contribution in [2.45, 2.75) is 0 Å². The van der Waals surface area contributed by atoms with E-state index in [9.17, 15) is 14.9 Å². The number of anilines is 1. The molecule has 0 aromatic heterocycles. The van der Waals surface area contributed by atoms with Gasteiger partial charge in [0.15, 0.2) is 11.5 Å². The van der Waals surface area contributed by atoms with Crippen molar-refractivity contribution in [1.82, 2.24) is 4.90 Å². The minimum Gasteiger partial charge on any atom is -0.496 e. The van der Waals surface area contributed by atoms with Crippen molar-refractivity contribution in [2.75, 3.05) is 51.4 Å². The largest absolute Gasteiger partial charge is 0.496 e. The molecule has 9 nitrogen and oxygen atoms in total. The van der Waals surface area contributed by atoms with Crippen LogP contribution in [0.15, 0.2) is 36.4 Å². The van der Waals surface area contributed by atoms with Gasteiger partial charge in [-0.2, -0.15) is 0 Å². The van der Waals surface area contributed by atoms with Crippen LogP contribution in [0.3, 0.4) is 0 Å². The Balaban J connectivity index is 1.46. The van der Waals surface area contributed by atoms with Gasteiger partial charge in [-0.3, -0.25) is 14.9 Å². The van der Waals surface area contributed by atoms with Crippen LogP contribution >= 0.6 is 0 Å². The number of nitro groups is 1. The van der Waals surface area contributed by atoms with E-state index < -0.39 is 4.92 Å². The number of ether oxygens (including phenoxy) is 3. The minimum atomic E-state index is -0.412. The van der Waals surface area contributed by atoms with Crippen LogP contribution in [0, 0.1) is 10.1 Å². The number of piperazine rings is 1. The first-order valence-corrected chi connectivity index (χ1v) is 9.33. The monoisotopic (exact) mass is 399 g/mol. The summed E-state index contributed by atoms with van der Waals surface area (Å²) in [6.07, 6.45) is 0. The van der Waals surface area contributed by atoms with Crippen LogP contribution < -0.4 is 19.1 Å². The van der Waals surface area contributed by atoms with Gasteiger partial charge >= 0.3 is 0 Å². The number of benzene rings is 2. The quantitative estimate of drug-likeness (QED) is 0.575. The standard InChI is InChI=1S/C20H21N3O6/c1-27-15-3-4-16(17(13-15)23(25)26)21-6-8-22(9-7-21)20(24)14-2-5-18-19(12-14)29-11-10-28-18/h2-5,12-13H,6-11H2,1H3. The third kappa shape index (κ3) is 3.75. The van der Waals surface area contributed by atoms with Crippen LogP contribution in [0.1, 0.15) is 10.4 Å². The predicted molar refractivity (Wildman–Crippen MR) is 105 cm³/mol. The molecule has 2 aromatic rings. The summed E-state index contributed by atoms with van der Waals surface area (Å²) in [6, 6.07) is 10.00. The smallest absolute Gasteiger partial charge is 0.296 e. The van der Waals surface area contributed by atoms with Crippen molar-refractivity contribution < 1.29 is 23.9 Å². The molecule has 1 amide bonds. The fraction of sp³-hybridized carbons (Fsp3) is 0.350. The van der Waals surface area contributed by atoms with Gasteiger partial charge in [0, 0.05) is 31.7 Å². The lowest BCUT2D eigenvalue weighted by molar-refractivity contribution is -0.384. The molecular weight excluding hydrogens is 378 g/mol. The summed E-state index contributed by atoms with van der Waals surface area (Å²) in [5, 5.41) is 11.4. The molecule has 2 aromatic carbocycles. The first-order chi connectivity index (χ1) is 14.1. The van der Waals surface area contributed by atoms with Gasteiger partial charge in [-0.25, -0.2) is 0 Å². The van der Waals surface area contributed by atoms with Gasteiger partial charge in [-0.1, -0.05) is 0 Å². The Morgan fingerprint density at radius 3 is 2.45 bits per heavy atom. The fourth-order valence-corrected chi connectivity index (χ4v) is 3.55. The molecule has 0 aliphatic carbocycles. The molecule has 2 heterocycles. The maximum Gasteiger partial charge on any atom is 0.296 e. The number of hydrogen-bond donors (Lipinski definition) is 0. The number of amides is 1. The number of hydrogen-bond acceptors (Lipinski definition) is 7. The highest BCUT2D eigenvalue weighted by Crippen LogP contribution is 2.33. The maximum atomic E-state index is 12.9. The molecule has 2 aliphatic rings. The molecule has 1 fully saturated rings. The SMILES string of the molecule is COc1ccc(N2CCN(C(=O)c3ccc4c(c3)OCCO4)CC2)c([N+](=O)[O-])c1. The van der Waals surface area contributed by atoms with Gasteiger partial charge in [0.1, 0.15) is 24.7 Å². The second-order valence-electron chi connectivity index (χ2n) is 6.75. The molecule has 1 saturated heterocycles. The highest BCUT2D eigenvalue weighted by molar-refractivity contribution is 5.95. The Kier molecular flexibility index (Phi) is 5.11. The maximum absolute atomic E-state index is 12.9. The molecule has 9 heteroatoms. The molecule has 29 heavy (non-hydrogen) atoms. The van der Waals surface area contributed by atoms with Crippen LogP contribution in [0.2, 0.25) is 0 Å². The van der Waals surface area contributed by atoms with Crippen molar-refractivity contribution in [3.05, 3.63) is 52.1 Å². The first kappa shape index (κ1) is 18.9.